The number of hydrogen-bond donors (Lipinski definition) is 2. The molecule has 3 heteroatoms. The Bertz CT molecular complexity index is 394. The van der Waals surface area contributed by atoms with Crippen LogP contribution in [-0.2, 0) is 0 Å². The van der Waals surface area contributed by atoms with Crippen LogP contribution in [-0.4, -0.2) is 16.2 Å². The molecular weight excluding hydrogens is 216 g/mol. The van der Waals surface area contributed by atoms with E-state index in [2.05, 4.69) is 0 Å². The van der Waals surface area contributed by atoms with E-state index in [1.54, 1.807) is 18.2 Å². The van der Waals surface area contributed by atoms with Crippen molar-refractivity contribution in [1.82, 2.24) is 0 Å². The molecule has 3 nitrogen and oxygen atoms in total. The van der Waals surface area contributed by atoms with Crippen molar-refractivity contribution in [3.63, 3.8) is 0 Å². The molecular formula is C14H18O3. The monoisotopic (exact) mass is 234 g/mol. The Morgan fingerprint density at radius 1 is 1.24 bits per heavy atom. The third-order valence-corrected chi connectivity index (χ3v) is 3.57. The molecule has 17 heavy (non-hydrogen) atoms. The molecule has 0 spiro atoms. The Kier molecular flexibility index (Phi) is 3.79. The van der Waals surface area contributed by atoms with E-state index >= 15 is 0 Å². The second-order valence-electron chi connectivity index (χ2n) is 4.77. The van der Waals surface area contributed by atoms with E-state index in [9.17, 15) is 9.90 Å². The third-order valence-electron chi connectivity index (χ3n) is 3.57. The Balaban J connectivity index is 2.14. The predicted octanol–water partition coefficient (Wildman–Crippen LogP) is 3.00. The second-order valence-corrected chi connectivity index (χ2v) is 4.77. The summed E-state index contributed by atoms with van der Waals surface area (Å²) in [6.45, 7) is 0. The topological polar surface area (TPSA) is 57.5 Å². The fourth-order valence-electron chi connectivity index (χ4n) is 2.58. The minimum atomic E-state index is -0.942. The molecule has 1 aromatic carbocycles. The van der Waals surface area contributed by atoms with Crippen molar-refractivity contribution < 1.29 is 15.0 Å². The zero-order valence-corrected chi connectivity index (χ0v) is 9.80. The average molecular weight is 234 g/mol. The van der Waals surface area contributed by atoms with Gasteiger partial charge in [0.15, 0.2) is 0 Å². The Morgan fingerprint density at radius 3 is 2.59 bits per heavy atom. The van der Waals surface area contributed by atoms with Crippen molar-refractivity contribution in [3.05, 3.63) is 35.4 Å². The van der Waals surface area contributed by atoms with Crippen molar-refractivity contribution in [2.45, 2.75) is 38.2 Å². The first-order valence-electron chi connectivity index (χ1n) is 6.20. The van der Waals surface area contributed by atoms with Gasteiger partial charge >= 0.3 is 5.97 Å². The van der Waals surface area contributed by atoms with Gasteiger partial charge in [-0.2, -0.15) is 0 Å². The van der Waals surface area contributed by atoms with Crippen LogP contribution in [0.4, 0.5) is 0 Å². The maximum absolute atomic E-state index is 10.9. The van der Waals surface area contributed by atoms with E-state index in [1.165, 1.54) is 19.3 Å². The van der Waals surface area contributed by atoms with E-state index < -0.39 is 12.1 Å². The molecule has 0 saturated heterocycles. The maximum atomic E-state index is 10.9. The highest BCUT2D eigenvalue weighted by Gasteiger charge is 2.23. The fraction of sp³-hybridized carbons (Fsp3) is 0.500. The highest BCUT2D eigenvalue weighted by Crippen LogP contribution is 2.34. The van der Waals surface area contributed by atoms with E-state index in [0.29, 0.717) is 0 Å². The van der Waals surface area contributed by atoms with Gasteiger partial charge in [0, 0.05) is 0 Å². The summed E-state index contributed by atoms with van der Waals surface area (Å²) in [5.74, 6) is -0.657. The molecule has 0 aliphatic heterocycles. The van der Waals surface area contributed by atoms with Gasteiger partial charge in [0.1, 0.15) is 0 Å². The van der Waals surface area contributed by atoms with E-state index in [0.717, 1.165) is 18.4 Å². The van der Waals surface area contributed by atoms with Crippen molar-refractivity contribution >= 4 is 5.97 Å². The summed E-state index contributed by atoms with van der Waals surface area (Å²) in [5, 5.41) is 19.2. The lowest BCUT2D eigenvalue weighted by Gasteiger charge is -2.26. The summed E-state index contributed by atoms with van der Waals surface area (Å²) in [6.07, 6.45) is 5.14. The van der Waals surface area contributed by atoms with Gasteiger partial charge in [0.25, 0.3) is 0 Å². The molecule has 1 unspecified atom stereocenters. The highest BCUT2D eigenvalue weighted by molar-refractivity contribution is 5.87. The molecule has 1 aromatic rings. The van der Waals surface area contributed by atoms with Crippen LogP contribution < -0.4 is 0 Å². The zero-order valence-electron chi connectivity index (χ0n) is 9.80. The summed E-state index contributed by atoms with van der Waals surface area (Å²) in [5.41, 5.74) is 0.981. The first-order chi connectivity index (χ1) is 8.18. The third kappa shape index (κ3) is 2.86. The van der Waals surface area contributed by atoms with Crippen LogP contribution in [0.2, 0.25) is 0 Å². The number of hydrogen-bond acceptors (Lipinski definition) is 2. The second kappa shape index (κ2) is 5.32. The first-order valence-corrected chi connectivity index (χ1v) is 6.20. The smallest absolute Gasteiger partial charge is 0.335 e. The quantitative estimate of drug-likeness (QED) is 0.845. The fourth-order valence-corrected chi connectivity index (χ4v) is 2.58. The highest BCUT2D eigenvalue weighted by atomic mass is 16.4. The number of rotatable bonds is 3. The normalized spacial score (nSPS) is 18.9. The van der Waals surface area contributed by atoms with Gasteiger partial charge in [-0.25, -0.2) is 4.79 Å². The van der Waals surface area contributed by atoms with Crippen molar-refractivity contribution in [1.29, 1.82) is 0 Å². The molecule has 1 saturated carbocycles. The number of carboxylic acids is 1. The molecule has 0 radical (unpaired) electrons. The number of carboxylic acid groups (broad SMARTS) is 1. The average Bonchev–Trinajstić information content (AvgIpc) is 2.39. The molecule has 1 fully saturated rings. The van der Waals surface area contributed by atoms with Gasteiger partial charge in [-0.15, -0.1) is 0 Å². The molecule has 0 amide bonds. The van der Waals surface area contributed by atoms with Gasteiger partial charge in [0.2, 0.25) is 0 Å². The summed E-state index contributed by atoms with van der Waals surface area (Å²) in [6, 6.07) is 6.65. The van der Waals surface area contributed by atoms with Gasteiger partial charge < -0.3 is 10.2 Å². The number of benzene rings is 1. The summed E-state index contributed by atoms with van der Waals surface area (Å²) in [4.78, 5) is 10.9. The van der Waals surface area contributed by atoms with Crippen LogP contribution in [0, 0.1) is 5.92 Å². The standard InChI is InChI=1S/C14H18O3/c15-13(10-5-2-1-3-6-10)11-7-4-8-12(9-11)14(16)17/h4,7-10,13,15H,1-3,5-6H2,(H,16,17). The molecule has 1 aliphatic carbocycles. The summed E-state index contributed by atoms with van der Waals surface area (Å²) >= 11 is 0. The van der Waals surface area contributed by atoms with Crippen LogP contribution in [0.25, 0.3) is 0 Å². The van der Waals surface area contributed by atoms with Crippen LogP contribution >= 0.6 is 0 Å². The minimum absolute atomic E-state index is 0.248. The van der Waals surface area contributed by atoms with Gasteiger partial charge in [-0.3, -0.25) is 0 Å². The van der Waals surface area contributed by atoms with Gasteiger partial charge in [-0.1, -0.05) is 31.4 Å². The predicted molar refractivity (Wildman–Crippen MR) is 64.9 cm³/mol. The van der Waals surface area contributed by atoms with Crippen LogP contribution in [0.3, 0.4) is 0 Å². The maximum Gasteiger partial charge on any atom is 0.335 e. The summed E-state index contributed by atoms with van der Waals surface area (Å²) in [7, 11) is 0. The van der Waals surface area contributed by atoms with Crippen molar-refractivity contribution in [2.75, 3.05) is 0 Å². The summed E-state index contributed by atoms with van der Waals surface area (Å²) < 4.78 is 0. The molecule has 0 bridgehead atoms. The Hall–Kier alpha value is -1.35. The van der Waals surface area contributed by atoms with Crippen molar-refractivity contribution in [2.24, 2.45) is 5.92 Å². The molecule has 92 valence electrons. The lowest BCUT2D eigenvalue weighted by molar-refractivity contribution is 0.0694. The zero-order chi connectivity index (χ0) is 12.3. The molecule has 0 heterocycles. The molecule has 1 aliphatic rings. The number of carbonyl (C=O) groups is 1. The molecule has 2 N–H and O–H groups in total. The minimum Gasteiger partial charge on any atom is -0.478 e. The van der Waals surface area contributed by atoms with E-state index in [1.807, 2.05) is 6.07 Å². The Labute approximate surface area is 101 Å². The molecule has 2 rings (SSSR count). The number of aliphatic hydroxyl groups excluding tert-OH is 1. The van der Waals surface area contributed by atoms with E-state index in [4.69, 9.17) is 5.11 Å². The van der Waals surface area contributed by atoms with Gasteiger partial charge in [0.05, 0.1) is 11.7 Å². The lowest BCUT2D eigenvalue weighted by atomic mass is 9.82. The van der Waals surface area contributed by atoms with Crippen LogP contribution in [0.5, 0.6) is 0 Å². The SMILES string of the molecule is O=C(O)c1cccc(C(O)C2CCCCC2)c1. The lowest BCUT2D eigenvalue weighted by Crippen LogP contribution is -2.16. The largest absolute Gasteiger partial charge is 0.478 e. The first kappa shape index (κ1) is 12.1. The van der Waals surface area contributed by atoms with Gasteiger partial charge in [-0.05, 0) is 36.5 Å². The Morgan fingerprint density at radius 2 is 1.94 bits per heavy atom. The van der Waals surface area contributed by atoms with Crippen LogP contribution in [0.15, 0.2) is 24.3 Å². The van der Waals surface area contributed by atoms with Crippen LogP contribution in [0.1, 0.15) is 54.1 Å². The molecule has 1 atom stereocenters. The van der Waals surface area contributed by atoms with E-state index in [-0.39, 0.29) is 11.5 Å². The molecule has 0 aromatic heterocycles. The van der Waals surface area contributed by atoms with Crippen molar-refractivity contribution in [3.8, 4) is 0 Å². The number of aliphatic hydroxyl groups is 1. The number of aromatic carboxylic acids is 1.